The van der Waals surface area contributed by atoms with Gasteiger partial charge in [0, 0.05) is 10.2 Å². The van der Waals surface area contributed by atoms with Crippen molar-refractivity contribution < 1.29 is 23.1 Å². The van der Waals surface area contributed by atoms with Crippen molar-refractivity contribution in [3.63, 3.8) is 0 Å². The molecule has 0 aliphatic rings. The summed E-state index contributed by atoms with van der Waals surface area (Å²) >= 11 is 3.09. The van der Waals surface area contributed by atoms with E-state index >= 15 is 0 Å². The highest BCUT2D eigenvalue weighted by Crippen LogP contribution is 2.24. The lowest BCUT2D eigenvalue weighted by Crippen LogP contribution is -2.14. The highest BCUT2D eigenvalue weighted by atomic mass is 79.9. The van der Waals surface area contributed by atoms with Gasteiger partial charge in [-0.15, -0.1) is 0 Å². The number of hydrogen-bond donors (Lipinski definition) is 2. The first kappa shape index (κ1) is 19.9. The van der Waals surface area contributed by atoms with Crippen LogP contribution in [0.25, 0.3) is 0 Å². The van der Waals surface area contributed by atoms with Crippen molar-refractivity contribution in [3.8, 4) is 5.75 Å². The largest absolute Gasteiger partial charge is 0.489 e. The standard InChI is InChI=1S/C20H16BrNO5S/c21-19-11-10-17(12-18(19)20(23)24)28(25,26)22-15-6-8-16(9-7-15)27-13-14-4-2-1-3-5-14/h1-12,22H,13H2,(H,23,24). The van der Waals surface area contributed by atoms with E-state index in [4.69, 9.17) is 9.84 Å². The fourth-order valence-electron chi connectivity index (χ4n) is 2.41. The molecule has 3 aromatic rings. The Morgan fingerprint density at radius 3 is 2.32 bits per heavy atom. The van der Waals surface area contributed by atoms with Crippen molar-refractivity contribution in [2.24, 2.45) is 0 Å². The Labute approximate surface area is 171 Å². The molecule has 0 aliphatic heterocycles. The summed E-state index contributed by atoms with van der Waals surface area (Å²) in [6.45, 7) is 0.406. The zero-order valence-electron chi connectivity index (χ0n) is 14.5. The van der Waals surface area contributed by atoms with Gasteiger partial charge in [-0.3, -0.25) is 4.72 Å². The molecule has 3 rings (SSSR count). The molecule has 2 N–H and O–H groups in total. The van der Waals surface area contributed by atoms with E-state index < -0.39 is 16.0 Å². The number of hydrogen-bond acceptors (Lipinski definition) is 4. The van der Waals surface area contributed by atoms with Gasteiger partial charge in [0.2, 0.25) is 0 Å². The van der Waals surface area contributed by atoms with Gasteiger partial charge in [-0.25, -0.2) is 13.2 Å². The Bertz CT molecular complexity index is 1080. The Morgan fingerprint density at radius 1 is 1.00 bits per heavy atom. The number of carboxylic acids is 1. The van der Waals surface area contributed by atoms with Crippen LogP contribution < -0.4 is 9.46 Å². The smallest absolute Gasteiger partial charge is 0.336 e. The zero-order chi connectivity index (χ0) is 20.1. The number of sulfonamides is 1. The number of anilines is 1. The number of halogens is 1. The average molecular weight is 462 g/mol. The van der Waals surface area contributed by atoms with E-state index in [0.717, 1.165) is 11.6 Å². The summed E-state index contributed by atoms with van der Waals surface area (Å²) in [5.74, 6) is -0.618. The van der Waals surface area contributed by atoms with Crippen LogP contribution in [0.3, 0.4) is 0 Å². The fourth-order valence-corrected chi connectivity index (χ4v) is 3.91. The number of carbonyl (C=O) groups is 1. The summed E-state index contributed by atoms with van der Waals surface area (Å²) in [5.41, 5.74) is 1.23. The van der Waals surface area contributed by atoms with Gasteiger partial charge in [0.25, 0.3) is 10.0 Å². The van der Waals surface area contributed by atoms with Gasteiger partial charge in [0.15, 0.2) is 0 Å². The van der Waals surface area contributed by atoms with Crippen LogP contribution in [-0.2, 0) is 16.6 Å². The predicted octanol–water partition coefficient (Wildman–Crippen LogP) is 4.53. The van der Waals surface area contributed by atoms with Gasteiger partial charge in [-0.05, 0) is 64.0 Å². The minimum Gasteiger partial charge on any atom is -0.489 e. The minimum atomic E-state index is -3.93. The van der Waals surface area contributed by atoms with Crippen LogP contribution in [-0.4, -0.2) is 19.5 Å². The summed E-state index contributed by atoms with van der Waals surface area (Å²) in [7, 11) is -3.93. The van der Waals surface area contributed by atoms with Crippen LogP contribution in [0.1, 0.15) is 15.9 Å². The number of benzene rings is 3. The summed E-state index contributed by atoms with van der Waals surface area (Å²) in [6.07, 6.45) is 0. The topological polar surface area (TPSA) is 92.7 Å². The molecule has 0 bridgehead atoms. The molecule has 0 radical (unpaired) electrons. The first-order chi connectivity index (χ1) is 13.3. The van der Waals surface area contributed by atoms with Crippen molar-refractivity contribution in [2.75, 3.05) is 4.72 Å². The molecule has 0 heterocycles. The molecule has 0 fully saturated rings. The quantitative estimate of drug-likeness (QED) is 0.539. The van der Waals surface area contributed by atoms with Crippen molar-refractivity contribution in [2.45, 2.75) is 11.5 Å². The van der Waals surface area contributed by atoms with E-state index in [1.165, 1.54) is 12.1 Å². The van der Waals surface area contributed by atoms with Crippen LogP contribution in [0.2, 0.25) is 0 Å². The van der Waals surface area contributed by atoms with E-state index in [-0.39, 0.29) is 10.5 Å². The molecule has 8 heteroatoms. The monoisotopic (exact) mass is 461 g/mol. The number of nitrogens with one attached hydrogen (secondary N) is 1. The average Bonchev–Trinajstić information content (AvgIpc) is 2.68. The van der Waals surface area contributed by atoms with Crippen LogP contribution >= 0.6 is 15.9 Å². The normalized spacial score (nSPS) is 11.0. The summed E-state index contributed by atoms with van der Waals surface area (Å²) < 4.78 is 33.5. The summed E-state index contributed by atoms with van der Waals surface area (Å²) in [5, 5.41) is 9.15. The lowest BCUT2D eigenvalue weighted by molar-refractivity contribution is 0.0695. The van der Waals surface area contributed by atoms with Crippen molar-refractivity contribution >= 4 is 37.6 Å². The molecular formula is C20H16BrNO5S. The maximum Gasteiger partial charge on any atom is 0.336 e. The lowest BCUT2D eigenvalue weighted by atomic mass is 10.2. The fraction of sp³-hybridized carbons (Fsp3) is 0.0500. The zero-order valence-corrected chi connectivity index (χ0v) is 16.9. The predicted molar refractivity (Wildman–Crippen MR) is 109 cm³/mol. The third kappa shape index (κ3) is 4.90. The first-order valence-electron chi connectivity index (χ1n) is 8.17. The third-order valence-corrected chi connectivity index (χ3v) is 5.90. The number of aromatic carboxylic acids is 1. The maximum absolute atomic E-state index is 12.5. The van der Waals surface area contributed by atoms with Crippen LogP contribution in [0.15, 0.2) is 82.2 Å². The molecule has 0 unspecified atom stereocenters. The second kappa shape index (κ2) is 8.45. The van der Waals surface area contributed by atoms with Gasteiger partial charge in [0.05, 0.1) is 10.5 Å². The van der Waals surface area contributed by atoms with Gasteiger partial charge in [0.1, 0.15) is 12.4 Å². The number of rotatable bonds is 7. The molecule has 0 aromatic heterocycles. The van der Waals surface area contributed by atoms with Crippen molar-refractivity contribution in [1.82, 2.24) is 0 Å². The first-order valence-corrected chi connectivity index (χ1v) is 10.5. The highest BCUT2D eigenvalue weighted by Gasteiger charge is 2.18. The molecule has 0 saturated carbocycles. The molecule has 0 spiro atoms. The van der Waals surface area contributed by atoms with Gasteiger partial charge in [-0.1, -0.05) is 30.3 Å². The Morgan fingerprint density at radius 2 is 1.68 bits per heavy atom. The molecule has 0 amide bonds. The summed E-state index contributed by atoms with van der Waals surface area (Å²) in [6, 6.07) is 20.0. The van der Waals surface area contributed by atoms with E-state index in [1.54, 1.807) is 24.3 Å². The molecule has 0 atom stereocenters. The Hall–Kier alpha value is -2.84. The third-order valence-electron chi connectivity index (χ3n) is 3.83. The van der Waals surface area contributed by atoms with Crippen LogP contribution in [0, 0.1) is 0 Å². The van der Waals surface area contributed by atoms with E-state index in [9.17, 15) is 13.2 Å². The van der Waals surface area contributed by atoms with E-state index in [1.807, 2.05) is 30.3 Å². The van der Waals surface area contributed by atoms with Gasteiger partial charge >= 0.3 is 5.97 Å². The Balaban J connectivity index is 1.71. The summed E-state index contributed by atoms with van der Waals surface area (Å²) in [4.78, 5) is 11.1. The number of carboxylic acid groups (broad SMARTS) is 1. The highest BCUT2D eigenvalue weighted by molar-refractivity contribution is 9.10. The van der Waals surface area contributed by atoms with E-state index in [0.29, 0.717) is 22.5 Å². The number of ether oxygens (including phenoxy) is 1. The molecule has 0 aliphatic carbocycles. The SMILES string of the molecule is O=C(O)c1cc(S(=O)(=O)Nc2ccc(OCc3ccccc3)cc2)ccc1Br. The molecule has 3 aromatic carbocycles. The van der Waals surface area contributed by atoms with Crippen molar-refractivity contribution in [3.05, 3.63) is 88.4 Å². The molecular weight excluding hydrogens is 446 g/mol. The molecule has 6 nitrogen and oxygen atoms in total. The van der Waals surface area contributed by atoms with Crippen molar-refractivity contribution in [1.29, 1.82) is 0 Å². The maximum atomic E-state index is 12.5. The van der Waals surface area contributed by atoms with E-state index in [2.05, 4.69) is 20.7 Å². The Kier molecular flexibility index (Phi) is 6.01. The minimum absolute atomic E-state index is 0.132. The second-order valence-corrected chi connectivity index (χ2v) is 8.39. The second-order valence-electron chi connectivity index (χ2n) is 5.85. The van der Waals surface area contributed by atoms with Crippen LogP contribution in [0.5, 0.6) is 5.75 Å². The van der Waals surface area contributed by atoms with Crippen LogP contribution in [0.4, 0.5) is 5.69 Å². The molecule has 0 saturated heterocycles. The molecule has 144 valence electrons. The lowest BCUT2D eigenvalue weighted by Gasteiger charge is -2.11. The van der Waals surface area contributed by atoms with Gasteiger partial charge < -0.3 is 9.84 Å². The van der Waals surface area contributed by atoms with Gasteiger partial charge in [-0.2, -0.15) is 0 Å². The molecule has 28 heavy (non-hydrogen) atoms.